The molecule has 2 amide bonds. The third-order valence-corrected chi connectivity index (χ3v) is 6.58. The zero-order valence-electron chi connectivity index (χ0n) is 18.2. The minimum atomic E-state index is -0.411. The number of pyridine rings is 2. The third kappa shape index (κ3) is 5.35. The first kappa shape index (κ1) is 22.4. The van der Waals surface area contributed by atoms with Gasteiger partial charge in [0.25, 0.3) is 0 Å². The predicted molar refractivity (Wildman–Crippen MR) is 123 cm³/mol. The number of amides is 2. The second kappa shape index (κ2) is 10.2. The van der Waals surface area contributed by atoms with Gasteiger partial charge in [0.1, 0.15) is 17.7 Å². The van der Waals surface area contributed by atoms with Crippen molar-refractivity contribution in [3.8, 4) is 6.07 Å². The van der Waals surface area contributed by atoms with Crippen molar-refractivity contribution in [1.82, 2.24) is 14.9 Å². The van der Waals surface area contributed by atoms with E-state index in [1.54, 1.807) is 29.6 Å². The molecule has 0 radical (unpaired) electrons. The molecular formula is C24H23N5O3S. The fraction of sp³-hybridized carbons (Fsp3) is 0.292. The molecule has 9 heteroatoms. The SMILES string of the molecule is C[C@@H](CC(=O)Nc1sc2c(c1C#N)CCN(C(=O)OCc1cccnc1)C2)c1ccccn1. The molecule has 3 aromatic rings. The van der Waals surface area contributed by atoms with E-state index in [0.717, 1.165) is 21.7 Å². The lowest BCUT2D eigenvalue weighted by atomic mass is 10.0. The number of nitriles is 1. The highest BCUT2D eigenvalue weighted by Crippen LogP contribution is 2.37. The fourth-order valence-electron chi connectivity index (χ4n) is 3.71. The normalized spacial score (nSPS) is 13.5. The Hall–Kier alpha value is -3.77. The van der Waals surface area contributed by atoms with E-state index in [-0.39, 0.29) is 24.9 Å². The average molecular weight is 462 g/mol. The van der Waals surface area contributed by atoms with Crippen LogP contribution in [0.4, 0.5) is 9.80 Å². The van der Waals surface area contributed by atoms with Crippen molar-refractivity contribution in [2.75, 3.05) is 11.9 Å². The Morgan fingerprint density at radius 3 is 2.91 bits per heavy atom. The number of carbonyl (C=O) groups excluding carboxylic acids is 2. The maximum atomic E-state index is 12.6. The summed E-state index contributed by atoms with van der Waals surface area (Å²) in [6.45, 7) is 2.90. The van der Waals surface area contributed by atoms with Crippen LogP contribution in [0.25, 0.3) is 0 Å². The third-order valence-electron chi connectivity index (χ3n) is 5.45. The van der Waals surface area contributed by atoms with E-state index in [9.17, 15) is 14.9 Å². The van der Waals surface area contributed by atoms with Crippen LogP contribution in [0.3, 0.4) is 0 Å². The van der Waals surface area contributed by atoms with Crippen molar-refractivity contribution < 1.29 is 14.3 Å². The first-order valence-electron chi connectivity index (χ1n) is 10.6. The minimum absolute atomic E-state index is 0.0450. The van der Waals surface area contributed by atoms with Crippen molar-refractivity contribution in [3.63, 3.8) is 0 Å². The lowest BCUT2D eigenvalue weighted by Gasteiger charge is -2.26. The Morgan fingerprint density at radius 2 is 2.18 bits per heavy atom. The Bertz CT molecular complexity index is 1170. The minimum Gasteiger partial charge on any atom is -0.444 e. The number of thiophene rings is 1. The predicted octanol–water partition coefficient (Wildman–Crippen LogP) is 4.24. The summed E-state index contributed by atoms with van der Waals surface area (Å²) in [4.78, 5) is 36.0. The summed E-state index contributed by atoms with van der Waals surface area (Å²) in [5.41, 5.74) is 3.04. The number of fused-ring (bicyclic) bond motifs is 1. The summed E-state index contributed by atoms with van der Waals surface area (Å²) >= 11 is 1.34. The highest BCUT2D eigenvalue weighted by Gasteiger charge is 2.28. The van der Waals surface area contributed by atoms with Gasteiger partial charge in [-0.25, -0.2) is 4.79 Å². The number of anilines is 1. The van der Waals surface area contributed by atoms with Gasteiger partial charge in [0, 0.05) is 53.6 Å². The molecule has 8 nitrogen and oxygen atoms in total. The van der Waals surface area contributed by atoms with Crippen LogP contribution in [-0.4, -0.2) is 33.4 Å². The summed E-state index contributed by atoms with van der Waals surface area (Å²) in [6, 6.07) is 11.5. The van der Waals surface area contributed by atoms with Crippen molar-refractivity contribution >= 4 is 28.3 Å². The van der Waals surface area contributed by atoms with Gasteiger partial charge < -0.3 is 15.0 Å². The van der Waals surface area contributed by atoms with Crippen LogP contribution in [0.5, 0.6) is 0 Å². The number of nitrogens with one attached hydrogen (secondary N) is 1. The van der Waals surface area contributed by atoms with Crippen LogP contribution in [-0.2, 0) is 29.1 Å². The molecule has 0 aliphatic carbocycles. The molecule has 4 heterocycles. The van der Waals surface area contributed by atoms with Crippen molar-refractivity contribution in [2.45, 2.75) is 38.8 Å². The highest BCUT2D eigenvalue weighted by atomic mass is 32.1. The number of nitrogens with zero attached hydrogens (tertiary/aromatic N) is 4. The highest BCUT2D eigenvalue weighted by molar-refractivity contribution is 7.16. The van der Waals surface area contributed by atoms with Crippen LogP contribution < -0.4 is 5.32 Å². The van der Waals surface area contributed by atoms with E-state index >= 15 is 0 Å². The lowest BCUT2D eigenvalue weighted by molar-refractivity contribution is -0.116. The number of ether oxygens (including phenoxy) is 1. The van der Waals surface area contributed by atoms with Gasteiger partial charge in [-0.15, -0.1) is 11.3 Å². The molecule has 0 aromatic carbocycles. The molecule has 0 fully saturated rings. The standard InChI is InChI=1S/C24H23N5O3S/c1-16(20-6-2-3-9-27-20)11-22(30)28-23-19(12-25)18-7-10-29(14-21(18)33-23)24(31)32-15-17-5-4-8-26-13-17/h2-6,8-9,13,16H,7,10-11,14-15H2,1H3,(H,28,30)/t16-/m0/s1. The van der Waals surface area contributed by atoms with Gasteiger partial charge in [-0.3, -0.25) is 14.8 Å². The molecule has 0 unspecified atom stereocenters. The van der Waals surface area contributed by atoms with Crippen molar-refractivity contribution in [3.05, 3.63) is 76.2 Å². The quantitative estimate of drug-likeness (QED) is 0.588. The molecule has 1 aliphatic rings. The molecule has 1 atom stereocenters. The van der Waals surface area contributed by atoms with Crippen LogP contribution in [0.15, 0.2) is 48.9 Å². The average Bonchev–Trinajstić information content (AvgIpc) is 3.19. The van der Waals surface area contributed by atoms with E-state index in [0.29, 0.717) is 30.1 Å². The first-order valence-corrected chi connectivity index (χ1v) is 11.4. The van der Waals surface area contributed by atoms with Crippen molar-refractivity contribution in [2.24, 2.45) is 0 Å². The number of aromatic nitrogens is 2. The lowest BCUT2D eigenvalue weighted by Crippen LogP contribution is -2.35. The molecule has 33 heavy (non-hydrogen) atoms. The van der Waals surface area contributed by atoms with Gasteiger partial charge in [0.2, 0.25) is 5.91 Å². The summed E-state index contributed by atoms with van der Waals surface area (Å²) in [6.07, 6.45) is 5.42. The second-order valence-corrected chi connectivity index (χ2v) is 8.92. The zero-order valence-corrected chi connectivity index (χ0v) is 19.0. The molecule has 1 aliphatic heterocycles. The Morgan fingerprint density at radius 1 is 1.30 bits per heavy atom. The van der Waals surface area contributed by atoms with Crippen LogP contribution >= 0.6 is 11.3 Å². The molecule has 0 spiro atoms. The fourth-order valence-corrected chi connectivity index (χ4v) is 4.94. The van der Waals surface area contributed by atoms with Gasteiger partial charge in [-0.2, -0.15) is 5.26 Å². The monoisotopic (exact) mass is 461 g/mol. The molecule has 168 valence electrons. The molecule has 1 N–H and O–H groups in total. The number of carbonyl (C=O) groups is 2. The molecular weight excluding hydrogens is 438 g/mol. The number of hydrogen-bond acceptors (Lipinski definition) is 7. The van der Waals surface area contributed by atoms with E-state index < -0.39 is 6.09 Å². The number of rotatable bonds is 6. The number of hydrogen-bond donors (Lipinski definition) is 1. The van der Waals surface area contributed by atoms with E-state index in [2.05, 4.69) is 21.4 Å². The van der Waals surface area contributed by atoms with Gasteiger partial charge in [-0.05, 0) is 30.2 Å². The van der Waals surface area contributed by atoms with Crippen LogP contribution in [0.1, 0.15) is 46.5 Å². The molecule has 4 rings (SSSR count). The molecule has 0 saturated heterocycles. The van der Waals surface area contributed by atoms with Gasteiger partial charge in [0.15, 0.2) is 0 Å². The molecule has 3 aromatic heterocycles. The van der Waals surface area contributed by atoms with Gasteiger partial charge >= 0.3 is 6.09 Å². The van der Waals surface area contributed by atoms with Gasteiger partial charge in [0.05, 0.1) is 12.1 Å². The summed E-state index contributed by atoms with van der Waals surface area (Å²) in [5, 5.41) is 13.1. The Balaban J connectivity index is 1.39. The smallest absolute Gasteiger partial charge is 0.410 e. The van der Waals surface area contributed by atoms with Gasteiger partial charge in [-0.1, -0.05) is 19.1 Å². The molecule has 0 bridgehead atoms. The van der Waals surface area contributed by atoms with E-state index in [1.165, 1.54) is 11.3 Å². The molecule has 0 saturated carbocycles. The summed E-state index contributed by atoms with van der Waals surface area (Å²) < 4.78 is 5.41. The first-order chi connectivity index (χ1) is 16.0. The summed E-state index contributed by atoms with van der Waals surface area (Å²) in [7, 11) is 0. The topological polar surface area (TPSA) is 108 Å². The maximum Gasteiger partial charge on any atom is 0.410 e. The summed E-state index contributed by atoms with van der Waals surface area (Å²) in [5.74, 6) is -0.215. The largest absolute Gasteiger partial charge is 0.444 e. The van der Waals surface area contributed by atoms with Crippen molar-refractivity contribution in [1.29, 1.82) is 5.26 Å². The Labute approximate surface area is 195 Å². The van der Waals surface area contributed by atoms with Crippen LogP contribution in [0.2, 0.25) is 0 Å². The van der Waals surface area contributed by atoms with E-state index in [4.69, 9.17) is 4.74 Å². The zero-order chi connectivity index (χ0) is 23.2. The van der Waals surface area contributed by atoms with E-state index in [1.807, 2.05) is 31.2 Å². The Kier molecular flexibility index (Phi) is 6.95. The maximum absolute atomic E-state index is 12.6. The second-order valence-electron chi connectivity index (χ2n) is 7.82. The van der Waals surface area contributed by atoms with Crippen LogP contribution in [0, 0.1) is 11.3 Å².